The van der Waals surface area contributed by atoms with Crippen molar-refractivity contribution in [2.45, 2.75) is 38.6 Å². The first kappa shape index (κ1) is 25.9. The van der Waals surface area contributed by atoms with Crippen LogP contribution in [-0.4, -0.2) is 53.0 Å². The summed E-state index contributed by atoms with van der Waals surface area (Å²) >= 11 is 6.36. The SMILES string of the molecule is C[C@@H]1CCC[C@H](N2CCC(c3cc(Cl)ccc3-n3ccnn3)=CC2=O)c2cc(ccn2)-c2c(cnn2C)NC1=O. The van der Waals surface area contributed by atoms with Gasteiger partial charge in [0.15, 0.2) is 0 Å². The van der Waals surface area contributed by atoms with Crippen molar-refractivity contribution in [2.75, 3.05) is 11.9 Å². The second-order valence-electron chi connectivity index (χ2n) is 10.3. The highest BCUT2D eigenvalue weighted by molar-refractivity contribution is 6.30. The first-order chi connectivity index (χ1) is 19.4. The van der Waals surface area contributed by atoms with Gasteiger partial charge in [0.1, 0.15) is 0 Å². The van der Waals surface area contributed by atoms with Crippen molar-refractivity contribution in [1.29, 1.82) is 0 Å². The number of nitrogens with one attached hydrogen (secondary N) is 1. The van der Waals surface area contributed by atoms with Gasteiger partial charge in [0.2, 0.25) is 11.8 Å². The van der Waals surface area contributed by atoms with Gasteiger partial charge in [-0.2, -0.15) is 5.10 Å². The van der Waals surface area contributed by atoms with Crippen LogP contribution in [0.5, 0.6) is 0 Å². The van der Waals surface area contributed by atoms with Crippen molar-refractivity contribution >= 4 is 34.7 Å². The van der Waals surface area contributed by atoms with Gasteiger partial charge in [-0.1, -0.05) is 30.2 Å². The van der Waals surface area contributed by atoms with Crippen molar-refractivity contribution in [3.63, 3.8) is 0 Å². The average molecular weight is 557 g/mol. The lowest BCUT2D eigenvalue weighted by Crippen LogP contribution is -2.38. The Bertz CT molecular complexity index is 1610. The number of aryl methyl sites for hydroxylation is 1. The van der Waals surface area contributed by atoms with Gasteiger partial charge < -0.3 is 10.2 Å². The predicted octanol–water partition coefficient (Wildman–Crippen LogP) is 4.83. The predicted molar refractivity (Wildman–Crippen MR) is 152 cm³/mol. The fourth-order valence-electron chi connectivity index (χ4n) is 5.60. The normalized spacial score (nSPS) is 19.8. The number of hydrogen-bond acceptors (Lipinski definition) is 6. The molecule has 2 amide bonds. The van der Waals surface area contributed by atoms with Crippen molar-refractivity contribution < 1.29 is 9.59 Å². The van der Waals surface area contributed by atoms with E-state index in [0.717, 1.165) is 40.2 Å². The molecular formula is C29H29ClN8O2. The van der Waals surface area contributed by atoms with E-state index >= 15 is 0 Å². The van der Waals surface area contributed by atoms with E-state index in [4.69, 9.17) is 16.6 Å². The molecular weight excluding hydrogens is 528 g/mol. The molecule has 0 fully saturated rings. The summed E-state index contributed by atoms with van der Waals surface area (Å²) in [5.41, 5.74) is 5.74. The van der Waals surface area contributed by atoms with Crippen LogP contribution in [0.4, 0.5) is 5.69 Å². The van der Waals surface area contributed by atoms with Crippen LogP contribution in [0.3, 0.4) is 0 Å². The van der Waals surface area contributed by atoms with E-state index in [0.29, 0.717) is 36.5 Å². The van der Waals surface area contributed by atoms with Crippen molar-refractivity contribution in [3.05, 3.63) is 77.5 Å². The number of amides is 2. The maximum Gasteiger partial charge on any atom is 0.247 e. The Hall–Kier alpha value is -4.31. The fourth-order valence-corrected chi connectivity index (χ4v) is 5.77. The number of fused-ring (bicyclic) bond motifs is 4. The minimum atomic E-state index is -0.231. The molecule has 10 nitrogen and oxygen atoms in total. The number of hydrogen-bond donors (Lipinski definition) is 1. The monoisotopic (exact) mass is 556 g/mol. The van der Waals surface area contributed by atoms with Gasteiger partial charge in [-0.05, 0) is 55.2 Å². The number of halogens is 1. The van der Waals surface area contributed by atoms with E-state index in [1.54, 1.807) is 46.3 Å². The van der Waals surface area contributed by atoms with Crippen LogP contribution in [0.1, 0.15) is 49.9 Å². The molecule has 6 rings (SSSR count). The lowest BCUT2D eigenvalue weighted by Gasteiger charge is -2.34. The summed E-state index contributed by atoms with van der Waals surface area (Å²) < 4.78 is 3.43. The fraction of sp³-hybridized carbons (Fsp3) is 0.310. The van der Waals surface area contributed by atoms with Gasteiger partial charge in [0, 0.05) is 47.9 Å². The standard InChI is InChI=1S/C29H29ClN8O2/c1-18-4-3-5-26(23-14-20(8-10-31-23)28-24(34-29(18)40)17-33-36(28)2)37-12-9-19(15-27(37)39)22-16-21(30)6-7-25(22)38-13-11-32-35-38/h6-8,10-11,13-18,26H,3-5,9,12H2,1-2H3,(H,34,40)/t18-,26+/m1/s1. The molecule has 5 heterocycles. The Kier molecular flexibility index (Phi) is 6.93. The Balaban J connectivity index is 1.36. The van der Waals surface area contributed by atoms with Gasteiger partial charge in [-0.3, -0.25) is 19.3 Å². The molecule has 11 heteroatoms. The summed E-state index contributed by atoms with van der Waals surface area (Å²) in [7, 11) is 1.85. The maximum atomic E-state index is 13.7. The van der Waals surface area contributed by atoms with E-state index in [1.807, 2.05) is 43.1 Å². The van der Waals surface area contributed by atoms with Gasteiger partial charge in [-0.25, -0.2) is 4.68 Å². The molecule has 0 radical (unpaired) electrons. The number of rotatable bonds is 3. The quantitative estimate of drug-likeness (QED) is 0.387. The summed E-state index contributed by atoms with van der Waals surface area (Å²) in [5, 5.41) is 16.1. The molecule has 3 aromatic heterocycles. The molecule has 0 spiro atoms. The third-order valence-corrected chi connectivity index (χ3v) is 7.94. The summed E-state index contributed by atoms with van der Waals surface area (Å²) in [6.07, 6.45) is 11.3. The van der Waals surface area contributed by atoms with Gasteiger partial charge in [0.05, 0.1) is 47.4 Å². The zero-order chi connectivity index (χ0) is 27.8. The second-order valence-corrected chi connectivity index (χ2v) is 10.7. The molecule has 4 aromatic rings. The molecule has 2 aliphatic heterocycles. The van der Waals surface area contributed by atoms with Crippen LogP contribution < -0.4 is 5.32 Å². The molecule has 0 aliphatic carbocycles. The number of anilines is 1. The maximum absolute atomic E-state index is 13.7. The van der Waals surface area contributed by atoms with Crippen LogP contribution in [0.15, 0.2) is 61.2 Å². The van der Waals surface area contributed by atoms with Crippen molar-refractivity contribution in [1.82, 2.24) is 34.7 Å². The van der Waals surface area contributed by atoms with E-state index < -0.39 is 0 Å². The number of carbonyl (C=O) groups is 2. The van der Waals surface area contributed by atoms with E-state index in [2.05, 4.69) is 20.7 Å². The van der Waals surface area contributed by atoms with Crippen LogP contribution in [-0.2, 0) is 16.6 Å². The van der Waals surface area contributed by atoms with Gasteiger partial charge in [-0.15, -0.1) is 5.10 Å². The van der Waals surface area contributed by atoms with E-state index in [1.165, 1.54) is 0 Å². The molecule has 0 saturated carbocycles. The topological polar surface area (TPSA) is 111 Å². The lowest BCUT2D eigenvalue weighted by molar-refractivity contribution is -0.129. The highest BCUT2D eigenvalue weighted by Gasteiger charge is 2.31. The number of pyridine rings is 1. The molecule has 40 heavy (non-hydrogen) atoms. The Morgan fingerprint density at radius 3 is 2.77 bits per heavy atom. The third kappa shape index (κ3) is 4.90. The minimum Gasteiger partial charge on any atom is -0.330 e. The van der Waals surface area contributed by atoms with Crippen LogP contribution in [0, 0.1) is 5.92 Å². The first-order valence-corrected chi connectivity index (χ1v) is 13.7. The molecule has 1 aromatic carbocycles. The minimum absolute atomic E-state index is 0.0352. The largest absolute Gasteiger partial charge is 0.330 e. The summed E-state index contributed by atoms with van der Waals surface area (Å²) in [6, 6.07) is 9.24. The van der Waals surface area contributed by atoms with Crippen LogP contribution >= 0.6 is 11.6 Å². The highest BCUT2D eigenvalue weighted by atomic mass is 35.5. The third-order valence-electron chi connectivity index (χ3n) is 7.71. The zero-order valence-corrected chi connectivity index (χ0v) is 23.0. The van der Waals surface area contributed by atoms with Gasteiger partial charge in [0.25, 0.3) is 0 Å². The lowest BCUT2D eigenvalue weighted by atomic mass is 9.93. The smallest absolute Gasteiger partial charge is 0.247 e. The Morgan fingerprint density at radius 2 is 1.98 bits per heavy atom. The molecule has 2 atom stereocenters. The summed E-state index contributed by atoms with van der Waals surface area (Å²) in [6.45, 7) is 2.46. The first-order valence-electron chi connectivity index (χ1n) is 13.4. The molecule has 2 bridgehead atoms. The number of carbonyl (C=O) groups excluding carboxylic acids is 2. The van der Waals surface area contributed by atoms with Crippen LogP contribution in [0.2, 0.25) is 5.02 Å². The second kappa shape index (κ2) is 10.7. The Labute approximate surface area is 236 Å². The zero-order valence-electron chi connectivity index (χ0n) is 22.3. The van der Waals surface area contributed by atoms with E-state index in [-0.39, 0.29) is 23.8 Å². The summed E-state index contributed by atoms with van der Waals surface area (Å²) in [4.78, 5) is 33.3. The van der Waals surface area contributed by atoms with Crippen LogP contribution in [0.25, 0.3) is 22.5 Å². The highest BCUT2D eigenvalue weighted by Crippen LogP contribution is 2.37. The number of nitrogens with zero attached hydrogens (tertiary/aromatic N) is 7. The number of benzene rings is 1. The molecule has 2 aliphatic rings. The average Bonchev–Trinajstić information content (AvgIpc) is 3.61. The van der Waals surface area contributed by atoms with E-state index in [9.17, 15) is 9.59 Å². The Morgan fingerprint density at radius 1 is 1.10 bits per heavy atom. The molecule has 0 unspecified atom stereocenters. The van der Waals surface area contributed by atoms with Gasteiger partial charge >= 0.3 is 0 Å². The van der Waals surface area contributed by atoms with Crippen molar-refractivity contribution in [3.8, 4) is 16.9 Å². The van der Waals surface area contributed by atoms with Crippen molar-refractivity contribution in [2.24, 2.45) is 13.0 Å². The molecule has 1 N–H and O–H groups in total. The number of aromatic nitrogens is 6. The molecule has 0 saturated heterocycles. The molecule has 204 valence electrons. The summed E-state index contributed by atoms with van der Waals surface area (Å²) in [5.74, 6) is -0.296.